The summed E-state index contributed by atoms with van der Waals surface area (Å²) in [5, 5.41) is 0.318. The monoisotopic (exact) mass is 446 g/mol. The van der Waals surface area contributed by atoms with Crippen LogP contribution >= 0.6 is 11.6 Å². The number of nitrogens with zero attached hydrogens (tertiary/aromatic N) is 2. The molecular weight excluding hydrogens is 424 g/mol. The highest BCUT2D eigenvalue weighted by molar-refractivity contribution is 6.34. The van der Waals surface area contributed by atoms with E-state index in [0.717, 1.165) is 17.5 Å². The summed E-state index contributed by atoms with van der Waals surface area (Å²) >= 11 is 6.34. The number of anilines is 1. The predicted molar refractivity (Wildman–Crippen MR) is 124 cm³/mol. The maximum atomic E-state index is 14.0. The highest BCUT2D eigenvalue weighted by atomic mass is 35.5. The second-order valence-electron chi connectivity index (χ2n) is 8.33. The molecule has 5 nitrogen and oxygen atoms in total. The average Bonchev–Trinajstić information content (AvgIpc) is 2.79. The Labute approximate surface area is 192 Å². The quantitative estimate of drug-likeness (QED) is 0.479. The molecule has 0 spiro atoms. The van der Waals surface area contributed by atoms with Gasteiger partial charge in [0.05, 0.1) is 16.6 Å². The standard InChI is InChI=1S/C26H23ClN2O3/c1-3-17-9-8-10-18(15-17)29-25(31)28(24(30)19-11-4-6-13-21(19)27)22-16-26(29,2)32-23-14-7-5-12-20(22)23/h4-15,22H,3,16H2,1-2H3/t22-,26+/m0/s1. The number of rotatable bonds is 3. The normalized spacial score (nSPS) is 21.7. The minimum atomic E-state index is -0.931. The fourth-order valence-corrected chi connectivity index (χ4v) is 4.92. The molecule has 2 heterocycles. The van der Waals surface area contributed by atoms with Crippen molar-refractivity contribution in [3.05, 3.63) is 94.5 Å². The summed E-state index contributed by atoms with van der Waals surface area (Å²) in [5.74, 6) is 0.258. The Morgan fingerprint density at radius 3 is 2.62 bits per heavy atom. The molecule has 0 unspecified atom stereocenters. The van der Waals surface area contributed by atoms with Crippen LogP contribution in [0.5, 0.6) is 5.75 Å². The van der Waals surface area contributed by atoms with Gasteiger partial charge in [0.2, 0.25) is 0 Å². The molecule has 2 bridgehead atoms. The van der Waals surface area contributed by atoms with Crippen LogP contribution in [0.3, 0.4) is 0 Å². The van der Waals surface area contributed by atoms with Crippen LogP contribution < -0.4 is 9.64 Å². The molecule has 3 aromatic rings. The Balaban J connectivity index is 1.69. The van der Waals surface area contributed by atoms with E-state index in [-0.39, 0.29) is 0 Å². The number of benzene rings is 3. The first kappa shape index (κ1) is 20.6. The van der Waals surface area contributed by atoms with Gasteiger partial charge in [-0.2, -0.15) is 0 Å². The summed E-state index contributed by atoms with van der Waals surface area (Å²) in [4.78, 5) is 30.6. The zero-order valence-corrected chi connectivity index (χ0v) is 18.7. The van der Waals surface area contributed by atoms with Crippen molar-refractivity contribution in [2.24, 2.45) is 0 Å². The first-order chi connectivity index (χ1) is 15.4. The molecule has 3 aromatic carbocycles. The molecule has 0 radical (unpaired) electrons. The molecule has 0 aliphatic carbocycles. The van der Waals surface area contributed by atoms with Gasteiger partial charge in [0, 0.05) is 17.7 Å². The number of ether oxygens (including phenoxy) is 1. The minimum absolute atomic E-state index is 0.303. The lowest BCUT2D eigenvalue weighted by Crippen LogP contribution is -2.67. The minimum Gasteiger partial charge on any atom is -0.467 e. The Hall–Kier alpha value is -3.31. The van der Waals surface area contributed by atoms with Gasteiger partial charge in [-0.25, -0.2) is 4.79 Å². The largest absolute Gasteiger partial charge is 0.467 e. The van der Waals surface area contributed by atoms with Gasteiger partial charge in [-0.3, -0.25) is 14.6 Å². The second-order valence-corrected chi connectivity index (χ2v) is 8.74. The Bertz CT molecular complexity index is 1230. The van der Waals surface area contributed by atoms with Crippen LogP contribution in [0.2, 0.25) is 5.02 Å². The molecule has 2 aliphatic rings. The molecule has 0 saturated carbocycles. The summed E-state index contributed by atoms with van der Waals surface area (Å²) in [6, 6.07) is 21.3. The average molecular weight is 447 g/mol. The molecule has 1 saturated heterocycles. The van der Waals surface area contributed by atoms with Crippen LogP contribution in [0.25, 0.3) is 0 Å². The van der Waals surface area contributed by atoms with Gasteiger partial charge in [0.1, 0.15) is 5.75 Å². The molecule has 2 atom stereocenters. The van der Waals surface area contributed by atoms with Crippen molar-refractivity contribution >= 4 is 29.2 Å². The van der Waals surface area contributed by atoms with Gasteiger partial charge in [-0.05, 0) is 49.2 Å². The predicted octanol–water partition coefficient (Wildman–Crippen LogP) is 6.22. The third-order valence-corrected chi connectivity index (χ3v) is 6.59. The molecule has 2 aliphatic heterocycles. The van der Waals surface area contributed by atoms with E-state index in [4.69, 9.17) is 16.3 Å². The third kappa shape index (κ3) is 3.16. The highest BCUT2D eigenvalue weighted by Crippen LogP contribution is 2.49. The van der Waals surface area contributed by atoms with Gasteiger partial charge < -0.3 is 4.74 Å². The lowest BCUT2D eigenvalue weighted by molar-refractivity contribution is 0.00268. The number of carbonyl (C=O) groups excluding carboxylic acids is 2. The lowest BCUT2D eigenvalue weighted by Gasteiger charge is -2.53. The van der Waals surface area contributed by atoms with Gasteiger partial charge in [0.15, 0.2) is 5.72 Å². The van der Waals surface area contributed by atoms with Crippen LogP contribution in [0, 0.1) is 0 Å². The summed E-state index contributed by atoms with van der Waals surface area (Å²) in [6.45, 7) is 3.97. The van der Waals surface area contributed by atoms with E-state index in [0.29, 0.717) is 28.4 Å². The van der Waals surface area contributed by atoms with Crippen molar-refractivity contribution in [1.29, 1.82) is 0 Å². The summed E-state index contributed by atoms with van der Waals surface area (Å²) in [5.41, 5.74) is 1.99. The maximum Gasteiger partial charge on any atom is 0.335 e. The number of urea groups is 1. The van der Waals surface area contributed by atoms with Crippen LogP contribution in [-0.4, -0.2) is 22.6 Å². The zero-order chi connectivity index (χ0) is 22.5. The van der Waals surface area contributed by atoms with E-state index in [1.807, 2.05) is 55.5 Å². The highest BCUT2D eigenvalue weighted by Gasteiger charge is 2.55. The number of imide groups is 1. The van der Waals surface area contributed by atoms with Crippen molar-refractivity contribution in [1.82, 2.24) is 4.90 Å². The number of halogens is 1. The molecule has 5 rings (SSSR count). The topological polar surface area (TPSA) is 49.9 Å². The van der Waals surface area contributed by atoms with Gasteiger partial charge in [-0.15, -0.1) is 0 Å². The van der Waals surface area contributed by atoms with Crippen LogP contribution in [0.4, 0.5) is 10.5 Å². The van der Waals surface area contributed by atoms with E-state index in [9.17, 15) is 9.59 Å². The molecule has 0 N–H and O–H groups in total. The molecule has 3 amide bonds. The summed E-state index contributed by atoms with van der Waals surface area (Å²) < 4.78 is 6.40. The first-order valence-corrected chi connectivity index (χ1v) is 11.1. The van der Waals surface area contributed by atoms with E-state index in [2.05, 4.69) is 6.92 Å². The van der Waals surface area contributed by atoms with E-state index >= 15 is 0 Å². The van der Waals surface area contributed by atoms with Crippen LogP contribution in [0.1, 0.15) is 47.8 Å². The van der Waals surface area contributed by atoms with Crippen molar-refractivity contribution in [2.45, 2.75) is 38.5 Å². The lowest BCUT2D eigenvalue weighted by atomic mass is 9.88. The molecule has 162 valence electrons. The Morgan fingerprint density at radius 2 is 1.84 bits per heavy atom. The van der Waals surface area contributed by atoms with E-state index in [1.54, 1.807) is 29.2 Å². The van der Waals surface area contributed by atoms with E-state index < -0.39 is 23.7 Å². The number of amides is 3. The van der Waals surface area contributed by atoms with Crippen molar-refractivity contribution < 1.29 is 14.3 Å². The molecule has 1 fully saturated rings. The van der Waals surface area contributed by atoms with Crippen molar-refractivity contribution in [3.8, 4) is 5.75 Å². The fraction of sp³-hybridized carbons (Fsp3) is 0.231. The maximum absolute atomic E-state index is 14.0. The number of hydrogen-bond donors (Lipinski definition) is 0. The summed E-state index contributed by atoms with van der Waals surface area (Å²) in [6.07, 6.45) is 1.28. The fourth-order valence-electron chi connectivity index (χ4n) is 4.70. The number of carbonyl (C=O) groups is 2. The third-order valence-electron chi connectivity index (χ3n) is 6.26. The van der Waals surface area contributed by atoms with Crippen LogP contribution in [-0.2, 0) is 6.42 Å². The zero-order valence-electron chi connectivity index (χ0n) is 17.9. The SMILES string of the molecule is CCc1cccc(N2C(=O)N(C(=O)c3ccccc3Cl)[C@H]3C[C@@]2(C)Oc2ccccc23)c1. The smallest absolute Gasteiger partial charge is 0.335 e. The number of aryl methyl sites for hydroxylation is 1. The molecular formula is C26H23ClN2O3. The van der Waals surface area contributed by atoms with Gasteiger partial charge in [-0.1, -0.05) is 61.0 Å². The summed E-state index contributed by atoms with van der Waals surface area (Å²) in [7, 11) is 0. The van der Waals surface area contributed by atoms with Crippen molar-refractivity contribution in [2.75, 3.05) is 4.90 Å². The molecule has 0 aromatic heterocycles. The van der Waals surface area contributed by atoms with Crippen LogP contribution in [0.15, 0.2) is 72.8 Å². The second kappa shape index (κ2) is 7.68. The number of fused-ring (bicyclic) bond motifs is 4. The number of hydrogen-bond acceptors (Lipinski definition) is 3. The molecule has 32 heavy (non-hydrogen) atoms. The first-order valence-electron chi connectivity index (χ1n) is 10.7. The van der Waals surface area contributed by atoms with E-state index in [1.165, 1.54) is 4.90 Å². The van der Waals surface area contributed by atoms with Gasteiger partial charge in [0.25, 0.3) is 5.91 Å². The van der Waals surface area contributed by atoms with Crippen molar-refractivity contribution in [3.63, 3.8) is 0 Å². The van der Waals surface area contributed by atoms with Gasteiger partial charge >= 0.3 is 6.03 Å². The number of para-hydroxylation sites is 1. The molecule has 6 heteroatoms. The Kier molecular flexibility index (Phi) is 4.94. The Morgan fingerprint density at radius 1 is 1.09 bits per heavy atom.